The summed E-state index contributed by atoms with van der Waals surface area (Å²) in [5, 5.41) is 0. The van der Waals surface area contributed by atoms with Crippen LogP contribution in [0.15, 0.2) is 36.9 Å². The van der Waals surface area contributed by atoms with Crippen LogP contribution in [0.2, 0.25) is 0 Å². The third-order valence-electron chi connectivity index (χ3n) is 5.48. The summed E-state index contributed by atoms with van der Waals surface area (Å²) in [5.41, 5.74) is 0.658. The smallest absolute Gasteiger partial charge is 0.253 e. The molecule has 3 rings (SSSR count). The lowest BCUT2D eigenvalue weighted by Crippen LogP contribution is -2.40. The topological polar surface area (TPSA) is 49.9 Å². The van der Waals surface area contributed by atoms with E-state index in [4.69, 9.17) is 4.74 Å². The standard InChI is InChI=1S/C22H30N2O3/c1-2-15-27-20-9-5-8-19(16-20)22(26)24-14-6-7-18(17-24)10-11-21(25)23-12-3-4-13-23/h2,5,8-9,16,18H,1,3-4,6-7,10-15,17H2. The molecule has 2 heterocycles. The van der Waals surface area contributed by atoms with E-state index in [1.54, 1.807) is 12.1 Å². The Hall–Kier alpha value is -2.30. The molecule has 0 saturated carbocycles. The van der Waals surface area contributed by atoms with E-state index < -0.39 is 0 Å². The molecule has 1 unspecified atom stereocenters. The highest BCUT2D eigenvalue weighted by Crippen LogP contribution is 2.24. The zero-order valence-electron chi connectivity index (χ0n) is 16.1. The highest BCUT2D eigenvalue weighted by Gasteiger charge is 2.26. The van der Waals surface area contributed by atoms with E-state index in [0.717, 1.165) is 58.3 Å². The van der Waals surface area contributed by atoms with Crippen molar-refractivity contribution in [3.05, 3.63) is 42.5 Å². The van der Waals surface area contributed by atoms with Crippen LogP contribution < -0.4 is 4.74 Å². The number of nitrogens with zero attached hydrogens (tertiary/aromatic N) is 2. The normalized spacial score (nSPS) is 19.8. The maximum absolute atomic E-state index is 12.9. The van der Waals surface area contributed by atoms with Crippen molar-refractivity contribution in [3.63, 3.8) is 0 Å². The lowest BCUT2D eigenvalue weighted by molar-refractivity contribution is -0.130. The van der Waals surface area contributed by atoms with E-state index in [1.165, 1.54) is 0 Å². The first-order chi connectivity index (χ1) is 13.2. The van der Waals surface area contributed by atoms with Gasteiger partial charge in [0.25, 0.3) is 5.91 Å². The van der Waals surface area contributed by atoms with Gasteiger partial charge in [0, 0.05) is 38.2 Å². The largest absolute Gasteiger partial charge is 0.490 e. The number of rotatable bonds is 7. The van der Waals surface area contributed by atoms with Crippen LogP contribution >= 0.6 is 0 Å². The van der Waals surface area contributed by atoms with Crippen LogP contribution in [0, 0.1) is 5.92 Å². The highest BCUT2D eigenvalue weighted by atomic mass is 16.5. The first-order valence-corrected chi connectivity index (χ1v) is 10.1. The molecule has 5 nitrogen and oxygen atoms in total. The van der Waals surface area contributed by atoms with Crippen LogP contribution in [-0.4, -0.2) is 54.4 Å². The number of hydrogen-bond acceptors (Lipinski definition) is 3. The molecule has 2 saturated heterocycles. The summed E-state index contributed by atoms with van der Waals surface area (Å²) in [5.74, 6) is 1.43. The fraction of sp³-hybridized carbons (Fsp3) is 0.545. The molecule has 0 aromatic heterocycles. The second kappa shape index (κ2) is 9.58. The quantitative estimate of drug-likeness (QED) is 0.690. The molecule has 5 heteroatoms. The summed E-state index contributed by atoms with van der Waals surface area (Å²) < 4.78 is 5.54. The zero-order valence-corrected chi connectivity index (χ0v) is 16.1. The van der Waals surface area contributed by atoms with E-state index >= 15 is 0 Å². The van der Waals surface area contributed by atoms with Crippen molar-refractivity contribution in [3.8, 4) is 5.75 Å². The molecule has 2 aliphatic rings. The predicted molar refractivity (Wildman–Crippen MR) is 106 cm³/mol. The molecular formula is C22H30N2O3. The lowest BCUT2D eigenvalue weighted by atomic mass is 9.92. The van der Waals surface area contributed by atoms with Crippen LogP contribution in [-0.2, 0) is 4.79 Å². The average molecular weight is 370 g/mol. The van der Waals surface area contributed by atoms with Crippen LogP contribution in [0.3, 0.4) is 0 Å². The van der Waals surface area contributed by atoms with Gasteiger partial charge in [-0.25, -0.2) is 0 Å². The van der Waals surface area contributed by atoms with Crippen molar-refractivity contribution in [2.24, 2.45) is 5.92 Å². The molecule has 1 aromatic rings. The highest BCUT2D eigenvalue weighted by molar-refractivity contribution is 5.94. The second-order valence-corrected chi connectivity index (χ2v) is 7.51. The van der Waals surface area contributed by atoms with Gasteiger partial charge >= 0.3 is 0 Å². The molecule has 0 spiro atoms. The first kappa shape index (κ1) is 19.5. The molecule has 0 radical (unpaired) electrons. The van der Waals surface area contributed by atoms with Crippen LogP contribution in [0.5, 0.6) is 5.75 Å². The van der Waals surface area contributed by atoms with Gasteiger partial charge in [-0.15, -0.1) is 0 Å². The summed E-state index contributed by atoms with van der Waals surface area (Å²) in [6, 6.07) is 7.33. The van der Waals surface area contributed by atoms with E-state index in [-0.39, 0.29) is 11.8 Å². The summed E-state index contributed by atoms with van der Waals surface area (Å²) in [6.07, 6.45) is 7.53. The molecule has 27 heavy (non-hydrogen) atoms. The van der Waals surface area contributed by atoms with Crippen LogP contribution in [0.4, 0.5) is 0 Å². The fourth-order valence-corrected chi connectivity index (χ4v) is 3.99. The number of likely N-dealkylation sites (tertiary alicyclic amines) is 2. The van der Waals surface area contributed by atoms with Crippen molar-refractivity contribution in [2.75, 3.05) is 32.8 Å². The molecule has 2 fully saturated rings. The van der Waals surface area contributed by atoms with E-state index in [1.807, 2.05) is 28.0 Å². The molecule has 1 atom stereocenters. The molecular weight excluding hydrogens is 340 g/mol. The van der Waals surface area contributed by atoms with Crippen LogP contribution in [0.1, 0.15) is 48.9 Å². The van der Waals surface area contributed by atoms with Crippen molar-refractivity contribution in [2.45, 2.75) is 38.5 Å². The minimum Gasteiger partial charge on any atom is -0.490 e. The monoisotopic (exact) mass is 370 g/mol. The van der Waals surface area contributed by atoms with Gasteiger partial charge in [0.15, 0.2) is 0 Å². The SMILES string of the molecule is C=CCOc1cccc(C(=O)N2CCCC(CCC(=O)N3CCCC3)C2)c1. The van der Waals surface area contributed by atoms with E-state index in [9.17, 15) is 9.59 Å². The van der Waals surface area contributed by atoms with Crippen LogP contribution in [0.25, 0.3) is 0 Å². The third kappa shape index (κ3) is 5.34. The number of piperidine rings is 1. The van der Waals surface area contributed by atoms with Gasteiger partial charge in [0.05, 0.1) is 0 Å². The number of benzene rings is 1. The maximum Gasteiger partial charge on any atom is 0.253 e. The first-order valence-electron chi connectivity index (χ1n) is 10.1. The lowest BCUT2D eigenvalue weighted by Gasteiger charge is -2.33. The number of carbonyl (C=O) groups is 2. The Morgan fingerprint density at radius 3 is 2.70 bits per heavy atom. The Morgan fingerprint density at radius 2 is 1.93 bits per heavy atom. The Labute approximate surface area is 162 Å². The van der Waals surface area contributed by atoms with Crippen molar-refractivity contribution < 1.29 is 14.3 Å². The number of amides is 2. The van der Waals surface area contributed by atoms with Gasteiger partial charge in [-0.1, -0.05) is 18.7 Å². The van der Waals surface area contributed by atoms with Gasteiger partial charge in [0.2, 0.25) is 5.91 Å². The number of carbonyl (C=O) groups excluding carboxylic acids is 2. The summed E-state index contributed by atoms with van der Waals surface area (Å²) in [7, 11) is 0. The Morgan fingerprint density at radius 1 is 1.15 bits per heavy atom. The average Bonchev–Trinajstić information content (AvgIpc) is 3.25. The molecule has 2 aliphatic heterocycles. The van der Waals surface area contributed by atoms with Crippen molar-refractivity contribution in [1.29, 1.82) is 0 Å². The van der Waals surface area contributed by atoms with Gasteiger partial charge in [-0.2, -0.15) is 0 Å². The number of hydrogen-bond donors (Lipinski definition) is 0. The minimum absolute atomic E-state index is 0.0506. The molecule has 146 valence electrons. The Bertz CT molecular complexity index is 667. The Kier molecular flexibility index (Phi) is 6.91. The van der Waals surface area contributed by atoms with Gasteiger partial charge < -0.3 is 14.5 Å². The maximum atomic E-state index is 12.9. The summed E-state index contributed by atoms with van der Waals surface area (Å²) in [4.78, 5) is 29.1. The van der Waals surface area contributed by atoms with Crippen molar-refractivity contribution >= 4 is 11.8 Å². The molecule has 0 aliphatic carbocycles. The molecule has 0 N–H and O–H groups in total. The zero-order chi connectivity index (χ0) is 19.1. The minimum atomic E-state index is 0.0506. The second-order valence-electron chi connectivity index (χ2n) is 7.51. The van der Waals surface area contributed by atoms with E-state index in [0.29, 0.717) is 30.3 Å². The molecule has 1 aromatic carbocycles. The fourth-order valence-electron chi connectivity index (χ4n) is 3.99. The van der Waals surface area contributed by atoms with Gasteiger partial charge in [0.1, 0.15) is 12.4 Å². The van der Waals surface area contributed by atoms with Gasteiger partial charge in [-0.05, 0) is 56.2 Å². The van der Waals surface area contributed by atoms with Crippen molar-refractivity contribution in [1.82, 2.24) is 9.80 Å². The van der Waals surface area contributed by atoms with E-state index in [2.05, 4.69) is 6.58 Å². The number of ether oxygens (including phenoxy) is 1. The Balaban J connectivity index is 1.53. The third-order valence-corrected chi connectivity index (χ3v) is 5.48. The predicted octanol–water partition coefficient (Wildman–Crippen LogP) is 3.51. The molecule has 2 amide bonds. The summed E-state index contributed by atoms with van der Waals surface area (Å²) in [6.45, 7) is 7.42. The van der Waals surface area contributed by atoms with Gasteiger partial charge in [-0.3, -0.25) is 9.59 Å². The molecule has 0 bridgehead atoms. The summed E-state index contributed by atoms with van der Waals surface area (Å²) >= 11 is 0.